The van der Waals surface area contributed by atoms with Crippen LogP contribution >= 0.6 is 11.6 Å². The molecule has 1 aliphatic rings. The molecule has 124 valence electrons. The van der Waals surface area contributed by atoms with Gasteiger partial charge in [-0.15, -0.1) is 5.10 Å². The second-order valence-corrected chi connectivity index (χ2v) is 7.57. The Morgan fingerprint density at radius 1 is 1.17 bits per heavy atom. The van der Waals surface area contributed by atoms with Gasteiger partial charge in [-0.05, 0) is 46.7 Å². The van der Waals surface area contributed by atoms with Crippen LogP contribution in [0, 0.1) is 0 Å². The van der Waals surface area contributed by atoms with Crippen molar-refractivity contribution in [3.05, 3.63) is 35.1 Å². The molecule has 0 N–H and O–H groups in total. The van der Waals surface area contributed by atoms with E-state index in [0.29, 0.717) is 10.9 Å². The van der Waals surface area contributed by atoms with E-state index >= 15 is 0 Å². The quantitative estimate of drug-likeness (QED) is 0.863. The van der Waals surface area contributed by atoms with E-state index in [1.165, 1.54) is 0 Å². The molecular formula is C16H23ClN6. The molecule has 1 fully saturated rings. The number of hydrogen-bond donors (Lipinski definition) is 0. The van der Waals surface area contributed by atoms with Crippen LogP contribution in [0.2, 0.25) is 5.02 Å². The van der Waals surface area contributed by atoms with E-state index in [9.17, 15) is 0 Å². The van der Waals surface area contributed by atoms with Gasteiger partial charge in [0.1, 0.15) is 5.82 Å². The van der Waals surface area contributed by atoms with Crippen molar-refractivity contribution in [2.75, 3.05) is 13.1 Å². The summed E-state index contributed by atoms with van der Waals surface area (Å²) in [5.41, 5.74) is 1.01. The van der Waals surface area contributed by atoms with Gasteiger partial charge in [0.05, 0.1) is 22.5 Å². The first-order valence-electron chi connectivity index (χ1n) is 8.03. The van der Waals surface area contributed by atoms with Crippen LogP contribution < -0.4 is 0 Å². The molecule has 7 heteroatoms. The van der Waals surface area contributed by atoms with Gasteiger partial charge in [0.25, 0.3) is 0 Å². The maximum Gasteiger partial charge on any atom is 0.131 e. The molecule has 3 heterocycles. The van der Waals surface area contributed by atoms with Crippen molar-refractivity contribution in [1.29, 1.82) is 0 Å². The van der Waals surface area contributed by atoms with E-state index in [1.54, 1.807) is 12.4 Å². The highest BCUT2D eigenvalue weighted by Crippen LogP contribution is 2.26. The summed E-state index contributed by atoms with van der Waals surface area (Å²) in [5, 5.41) is 9.12. The smallest absolute Gasteiger partial charge is 0.131 e. The van der Waals surface area contributed by atoms with E-state index in [1.807, 2.05) is 10.9 Å². The van der Waals surface area contributed by atoms with E-state index in [-0.39, 0.29) is 5.54 Å². The predicted octanol–water partition coefficient (Wildman–Crippen LogP) is 2.86. The Balaban J connectivity index is 1.55. The summed E-state index contributed by atoms with van der Waals surface area (Å²) < 4.78 is 1.93. The van der Waals surface area contributed by atoms with Gasteiger partial charge >= 0.3 is 0 Å². The number of likely N-dealkylation sites (tertiary alicyclic amines) is 1. The molecule has 0 radical (unpaired) electrons. The van der Waals surface area contributed by atoms with Gasteiger partial charge in [-0.3, -0.25) is 4.90 Å². The lowest BCUT2D eigenvalue weighted by molar-refractivity contribution is 0.199. The standard InChI is InChI=1S/C16H23ClN6/c1-16(2,3)23-11-14(20-21-23)10-22-6-4-12(5-7-22)15-18-8-13(17)9-19-15/h8-9,11-12H,4-7,10H2,1-3H3. The molecule has 0 aromatic carbocycles. The van der Waals surface area contributed by atoms with Gasteiger partial charge < -0.3 is 0 Å². The lowest BCUT2D eigenvalue weighted by Gasteiger charge is -2.30. The van der Waals surface area contributed by atoms with Crippen molar-refractivity contribution in [3.8, 4) is 0 Å². The molecule has 0 atom stereocenters. The van der Waals surface area contributed by atoms with Gasteiger partial charge in [-0.2, -0.15) is 0 Å². The zero-order chi connectivity index (χ0) is 16.4. The van der Waals surface area contributed by atoms with E-state index < -0.39 is 0 Å². The largest absolute Gasteiger partial charge is 0.297 e. The van der Waals surface area contributed by atoms with Crippen molar-refractivity contribution < 1.29 is 0 Å². The topological polar surface area (TPSA) is 59.7 Å². The molecule has 0 aliphatic carbocycles. The third-order valence-corrected chi connectivity index (χ3v) is 4.40. The van der Waals surface area contributed by atoms with Crippen molar-refractivity contribution in [1.82, 2.24) is 29.9 Å². The number of piperidine rings is 1. The number of nitrogens with zero attached hydrogens (tertiary/aromatic N) is 6. The first kappa shape index (κ1) is 16.3. The highest BCUT2D eigenvalue weighted by atomic mass is 35.5. The lowest BCUT2D eigenvalue weighted by atomic mass is 9.96. The summed E-state index contributed by atoms with van der Waals surface area (Å²) in [7, 11) is 0. The number of hydrogen-bond acceptors (Lipinski definition) is 5. The van der Waals surface area contributed by atoms with Crippen LogP contribution in [0.15, 0.2) is 18.6 Å². The number of rotatable bonds is 3. The molecule has 1 aliphatic heterocycles. The van der Waals surface area contributed by atoms with Crippen molar-refractivity contribution in [2.45, 2.75) is 51.6 Å². The van der Waals surface area contributed by atoms with Crippen LogP contribution in [0.1, 0.15) is 51.0 Å². The van der Waals surface area contributed by atoms with Crippen LogP contribution in [0.5, 0.6) is 0 Å². The average Bonchev–Trinajstić information content (AvgIpc) is 2.98. The van der Waals surface area contributed by atoms with Crippen LogP contribution in [-0.4, -0.2) is 43.0 Å². The molecule has 3 rings (SSSR count). The van der Waals surface area contributed by atoms with Crippen LogP contribution in [-0.2, 0) is 12.1 Å². The second kappa shape index (κ2) is 6.53. The normalized spacial score (nSPS) is 17.6. The van der Waals surface area contributed by atoms with Gasteiger partial charge in [0, 0.05) is 24.9 Å². The summed E-state index contributed by atoms with van der Waals surface area (Å²) >= 11 is 5.85. The molecule has 1 saturated heterocycles. The first-order chi connectivity index (χ1) is 10.9. The van der Waals surface area contributed by atoms with Crippen LogP contribution in [0.25, 0.3) is 0 Å². The third-order valence-electron chi connectivity index (χ3n) is 4.21. The third kappa shape index (κ3) is 4.06. The van der Waals surface area contributed by atoms with Crippen molar-refractivity contribution in [2.24, 2.45) is 0 Å². The summed E-state index contributed by atoms with van der Waals surface area (Å²) in [6.07, 6.45) is 7.54. The Kier molecular flexibility index (Phi) is 4.64. The second-order valence-electron chi connectivity index (χ2n) is 7.14. The monoisotopic (exact) mass is 334 g/mol. The van der Waals surface area contributed by atoms with Gasteiger partial charge in [-0.25, -0.2) is 14.6 Å². The Morgan fingerprint density at radius 2 is 1.83 bits per heavy atom. The lowest BCUT2D eigenvalue weighted by Crippen LogP contribution is -2.33. The molecule has 0 amide bonds. The summed E-state index contributed by atoms with van der Waals surface area (Å²) in [4.78, 5) is 11.1. The zero-order valence-corrected chi connectivity index (χ0v) is 14.7. The van der Waals surface area contributed by atoms with Gasteiger partial charge in [0.2, 0.25) is 0 Å². The van der Waals surface area contributed by atoms with Gasteiger partial charge in [0.15, 0.2) is 0 Å². The average molecular weight is 335 g/mol. The van der Waals surface area contributed by atoms with Crippen LogP contribution in [0.3, 0.4) is 0 Å². The van der Waals surface area contributed by atoms with Crippen molar-refractivity contribution >= 4 is 11.6 Å². The summed E-state index contributed by atoms with van der Waals surface area (Å²) in [6.45, 7) is 9.29. The molecular weight excluding hydrogens is 312 g/mol. The fraction of sp³-hybridized carbons (Fsp3) is 0.625. The van der Waals surface area contributed by atoms with E-state index in [2.05, 4.69) is 46.0 Å². The molecule has 0 spiro atoms. The number of halogens is 1. The molecule has 0 bridgehead atoms. The Labute approximate surface area is 141 Å². The highest BCUT2D eigenvalue weighted by Gasteiger charge is 2.23. The molecule has 6 nitrogen and oxygen atoms in total. The predicted molar refractivity (Wildman–Crippen MR) is 89.3 cm³/mol. The molecule has 0 saturated carbocycles. The van der Waals surface area contributed by atoms with Gasteiger partial charge in [-0.1, -0.05) is 16.8 Å². The fourth-order valence-electron chi connectivity index (χ4n) is 2.81. The molecule has 2 aromatic heterocycles. The Bertz CT molecular complexity index is 637. The van der Waals surface area contributed by atoms with Crippen LogP contribution in [0.4, 0.5) is 0 Å². The molecule has 2 aromatic rings. The van der Waals surface area contributed by atoms with E-state index in [4.69, 9.17) is 11.6 Å². The highest BCUT2D eigenvalue weighted by molar-refractivity contribution is 6.30. The SMILES string of the molecule is CC(C)(C)n1cc(CN2CCC(c3ncc(Cl)cn3)CC2)nn1. The number of aromatic nitrogens is 5. The molecule has 23 heavy (non-hydrogen) atoms. The maximum atomic E-state index is 5.85. The minimum atomic E-state index is -0.0236. The van der Waals surface area contributed by atoms with Crippen molar-refractivity contribution in [3.63, 3.8) is 0 Å². The zero-order valence-electron chi connectivity index (χ0n) is 13.9. The van der Waals surface area contributed by atoms with E-state index in [0.717, 1.165) is 44.0 Å². The minimum Gasteiger partial charge on any atom is -0.297 e. The summed E-state index contributed by atoms with van der Waals surface area (Å²) in [5.74, 6) is 1.33. The minimum absolute atomic E-state index is 0.0236. The molecule has 0 unspecified atom stereocenters. The Morgan fingerprint density at radius 3 is 2.39 bits per heavy atom. The maximum absolute atomic E-state index is 5.85. The first-order valence-corrected chi connectivity index (χ1v) is 8.41. The Hall–Kier alpha value is -1.53. The fourth-order valence-corrected chi connectivity index (χ4v) is 2.91. The summed E-state index contributed by atoms with van der Waals surface area (Å²) in [6, 6.07) is 0.